The number of benzene rings is 2. The number of esters is 1. The third-order valence-electron chi connectivity index (χ3n) is 4.56. The third-order valence-corrected chi connectivity index (χ3v) is 4.56. The number of alkyl halides is 3. The van der Waals surface area contributed by atoms with E-state index in [1.165, 1.54) is 12.1 Å². The van der Waals surface area contributed by atoms with Gasteiger partial charge in [0.2, 0.25) is 0 Å². The molecular formula is C23H23F3N4O3. The van der Waals surface area contributed by atoms with Crippen LogP contribution in [0, 0.1) is 0 Å². The van der Waals surface area contributed by atoms with Gasteiger partial charge in [-0.05, 0) is 48.4 Å². The molecule has 0 saturated heterocycles. The molecule has 2 aromatic rings. The Bertz CT molecular complexity index is 1080. The van der Waals surface area contributed by atoms with Gasteiger partial charge in [0.15, 0.2) is 5.96 Å². The van der Waals surface area contributed by atoms with E-state index in [1.807, 2.05) is 0 Å². The molecule has 1 heterocycles. The van der Waals surface area contributed by atoms with Crippen molar-refractivity contribution in [1.82, 2.24) is 10.6 Å². The SMILES string of the molecule is CCOC(=O)/C=C/c1cccc(CNC(=O)c2cc(NC3=NCCN3)cc(C(F)(F)F)c2)c1. The lowest BCUT2D eigenvalue weighted by Gasteiger charge is -2.14. The number of amides is 1. The highest BCUT2D eigenvalue weighted by Crippen LogP contribution is 2.32. The minimum absolute atomic E-state index is 0.0905. The number of halogens is 3. The summed E-state index contributed by atoms with van der Waals surface area (Å²) in [4.78, 5) is 28.2. The largest absolute Gasteiger partial charge is 0.463 e. The maximum Gasteiger partial charge on any atom is 0.416 e. The molecule has 0 spiro atoms. The summed E-state index contributed by atoms with van der Waals surface area (Å²) in [5.74, 6) is -0.768. The molecule has 2 aromatic carbocycles. The van der Waals surface area contributed by atoms with E-state index in [9.17, 15) is 22.8 Å². The molecule has 1 aliphatic rings. The molecule has 0 aliphatic carbocycles. The minimum atomic E-state index is -4.61. The maximum atomic E-state index is 13.4. The summed E-state index contributed by atoms with van der Waals surface area (Å²) in [6.07, 6.45) is -1.74. The number of nitrogens with one attached hydrogen (secondary N) is 3. The molecule has 3 rings (SSSR count). The molecule has 1 amide bonds. The zero-order valence-corrected chi connectivity index (χ0v) is 17.8. The van der Waals surface area contributed by atoms with Gasteiger partial charge in [-0.3, -0.25) is 9.79 Å². The average molecular weight is 460 g/mol. The summed E-state index contributed by atoms with van der Waals surface area (Å²) >= 11 is 0. The number of hydrogen-bond donors (Lipinski definition) is 3. The third kappa shape index (κ3) is 7.09. The monoisotopic (exact) mass is 460 g/mol. The molecule has 0 aromatic heterocycles. The van der Waals surface area contributed by atoms with Crippen LogP contribution in [-0.4, -0.2) is 37.5 Å². The van der Waals surface area contributed by atoms with Gasteiger partial charge in [-0.15, -0.1) is 0 Å². The maximum absolute atomic E-state index is 13.4. The van der Waals surface area contributed by atoms with E-state index in [2.05, 4.69) is 20.9 Å². The zero-order chi connectivity index (χ0) is 23.8. The van der Waals surface area contributed by atoms with E-state index >= 15 is 0 Å². The summed E-state index contributed by atoms with van der Waals surface area (Å²) in [7, 11) is 0. The Morgan fingerprint density at radius 3 is 2.73 bits per heavy atom. The normalized spacial score (nSPS) is 13.4. The molecule has 0 saturated carbocycles. The lowest BCUT2D eigenvalue weighted by Crippen LogP contribution is -2.27. The van der Waals surface area contributed by atoms with E-state index in [1.54, 1.807) is 37.3 Å². The fraction of sp³-hybridized carbons (Fsp3) is 0.261. The van der Waals surface area contributed by atoms with E-state index in [4.69, 9.17) is 4.74 Å². The summed E-state index contributed by atoms with van der Waals surface area (Å²) in [5.41, 5.74) is 0.454. The molecule has 0 radical (unpaired) electrons. The summed E-state index contributed by atoms with van der Waals surface area (Å²) in [6.45, 7) is 3.17. The van der Waals surface area contributed by atoms with Crippen LogP contribution < -0.4 is 16.0 Å². The number of carbonyl (C=O) groups is 2. The highest BCUT2D eigenvalue weighted by molar-refractivity contribution is 5.98. The number of anilines is 1. The molecule has 10 heteroatoms. The van der Waals surface area contributed by atoms with Gasteiger partial charge in [-0.25, -0.2) is 4.79 Å². The van der Waals surface area contributed by atoms with Gasteiger partial charge >= 0.3 is 12.1 Å². The Kier molecular flexibility index (Phi) is 7.70. The minimum Gasteiger partial charge on any atom is -0.463 e. The van der Waals surface area contributed by atoms with Crippen LogP contribution >= 0.6 is 0 Å². The second-order valence-corrected chi connectivity index (χ2v) is 7.09. The van der Waals surface area contributed by atoms with Crippen LogP contribution in [0.3, 0.4) is 0 Å². The smallest absolute Gasteiger partial charge is 0.416 e. The van der Waals surface area contributed by atoms with Crippen molar-refractivity contribution < 1.29 is 27.5 Å². The first-order chi connectivity index (χ1) is 15.7. The quantitative estimate of drug-likeness (QED) is 0.434. The molecule has 174 valence electrons. The number of aliphatic imine (C=N–C) groups is 1. The zero-order valence-electron chi connectivity index (χ0n) is 17.8. The fourth-order valence-electron chi connectivity index (χ4n) is 3.06. The van der Waals surface area contributed by atoms with Crippen LogP contribution in [0.1, 0.15) is 34.0 Å². The highest BCUT2D eigenvalue weighted by atomic mass is 19.4. The van der Waals surface area contributed by atoms with Crippen LogP contribution in [0.4, 0.5) is 18.9 Å². The van der Waals surface area contributed by atoms with Crippen molar-refractivity contribution in [3.63, 3.8) is 0 Å². The van der Waals surface area contributed by atoms with Gasteiger partial charge < -0.3 is 20.7 Å². The molecule has 0 fully saturated rings. The van der Waals surface area contributed by atoms with Crippen molar-refractivity contribution in [2.24, 2.45) is 4.99 Å². The topological polar surface area (TPSA) is 91.8 Å². The molecule has 3 N–H and O–H groups in total. The number of rotatable bonds is 7. The van der Waals surface area contributed by atoms with E-state index in [-0.39, 0.29) is 24.4 Å². The van der Waals surface area contributed by atoms with Gasteiger partial charge in [-0.1, -0.05) is 18.2 Å². The van der Waals surface area contributed by atoms with Crippen LogP contribution in [0.5, 0.6) is 0 Å². The molecule has 0 bridgehead atoms. The van der Waals surface area contributed by atoms with Crippen molar-refractivity contribution in [1.29, 1.82) is 0 Å². The predicted molar refractivity (Wildman–Crippen MR) is 119 cm³/mol. The van der Waals surface area contributed by atoms with Crippen molar-refractivity contribution in [3.8, 4) is 0 Å². The summed E-state index contributed by atoms with van der Waals surface area (Å²) in [6, 6.07) is 10.1. The first-order valence-electron chi connectivity index (χ1n) is 10.2. The highest BCUT2D eigenvalue weighted by Gasteiger charge is 2.32. The number of carbonyl (C=O) groups excluding carboxylic acids is 2. The number of ether oxygens (including phenoxy) is 1. The van der Waals surface area contributed by atoms with Gasteiger partial charge in [0.25, 0.3) is 5.91 Å². The number of guanidine groups is 1. The molecular weight excluding hydrogens is 437 g/mol. The fourth-order valence-corrected chi connectivity index (χ4v) is 3.06. The van der Waals surface area contributed by atoms with Crippen LogP contribution in [-0.2, 0) is 22.3 Å². The van der Waals surface area contributed by atoms with Gasteiger partial charge in [-0.2, -0.15) is 13.2 Å². The van der Waals surface area contributed by atoms with Crippen LogP contribution in [0.2, 0.25) is 0 Å². The molecule has 7 nitrogen and oxygen atoms in total. The van der Waals surface area contributed by atoms with Crippen molar-refractivity contribution in [3.05, 3.63) is 70.8 Å². The van der Waals surface area contributed by atoms with Crippen LogP contribution in [0.15, 0.2) is 53.5 Å². The van der Waals surface area contributed by atoms with E-state index < -0.39 is 23.6 Å². The first kappa shape index (κ1) is 23.8. The average Bonchev–Trinajstić information content (AvgIpc) is 3.29. The Morgan fingerprint density at radius 2 is 2.03 bits per heavy atom. The Hall–Kier alpha value is -3.82. The standard InChI is InChI=1S/C23H23F3N4O3/c1-2-33-20(31)7-6-15-4-3-5-16(10-15)14-29-21(32)17-11-18(23(24,25)26)13-19(12-17)30-22-27-8-9-28-22/h3-7,10-13H,2,8-9,14H2,1H3,(H,29,32)(H2,27,28,30)/b7-6+. The Balaban J connectivity index is 1.72. The van der Waals surface area contributed by atoms with Gasteiger partial charge in [0, 0.05) is 30.4 Å². The van der Waals surface area contributed by atoms with Crippen LogP contribution in [0.25, 0.3) is 6.08 Å². The van der Waals surface area contributed by atoms with Crippen molar-refractivity contribution >= 4 is 29.6 Å². The number of hydrogen-bond acceptors (Lipinski definition) is 6. The van der Waals surface area contributed by atoms with Crippen molar-refractivity contribution in [2.75, 3.05) is 25.0 Å². The summed E-state index contributed by atoms with van der Waals surface area (Å²) < 4.78 is 44.9. The van der Waals surface area contributed by atoms with Crippen molar-refractivity contribution in [2.45, 2.75) is 19.6 Å². The second kappa shape index (κ2) is 10.7. The predicted octanol–water partition coefficient (Wildman–Crippen LogP) is 3.58. The Morgan fingerprint density at radius 1 is 1.21 bits per heavy atom. The first-order valence-corrected chi connectivity index (χ1v) is 10.2. The lowest BCUT2D eigenvalue weighted by molar-refractivity contribution is -0.138. The molecule has 0 atom stereocenters. The molecule has 1 aliphatic heterocycles. The lowest BCUT2D eigenvalue weighted by atomic mass is 10.1. The van der Waals surface area contributed by atoms with E-state index in [0.717, 1.165) is 12.1 Å². The summed E-state index contributed by atoms with van der Waals surface area (Å²) in [5, 5.41) is 8.32. The molecule has 0 unspecified atom stereocenters. The Labute approximate surface area is 188 Å². The second-order valence-electron chi connectivity index (χ2n) is 7.09. The van der Waals surface area contributed by atoms with Gasteiger partial charge in [0.1, 0.15) is 0 Å². The number of nitrogens with zero attached hydrogens (tertiary/aromatic N) is 1. The molecule has 33 heavy (non-hydrogen) atoms. The van der Waals surface area contributed by atoms with Gasteiger partial charge in [0.05, 0.1) is 18.7 Å². The van der Waals surface area contributed by atoms with E-state index in [0.29, 0.717) is 30.2 Å².